The highest BCUT2D eigenvalue weighted by Crippen LogP contribution is 2.37. The van der Waals surface area contributed by atoms with Gasteiger partial charge < -0.3 is 0 Å². The predicted octanol–water partition coefficient (Wildman–Crippen LogP) is 4.75. The zero-order chi connectivity index (χ0) is 14.0. The molecular formula is C14H8ClF3O. The summed E-state index contributed by atoms with van der Waals surface area (Å²) in [6.07, 6.45) is -4.49. The van der Waals surface area contributed by atoms with Crippen LogP contribution in [0.4, 0.5) is 13.2 Å². The topological polar surface area (TPSA) is 17.1 Å². The minimum Gasteiger partial charge on any atom is -0.276 e. The molecule has 5 heteroatoms. The van der Waals surface area contributed by atoms with Crippen molar-refractivity contribution in [2.45, 2.75) is 6.18 Å². The van der Waals surface area contributed by atoms with E-state index in [1.807, 2.05) is 0 Å². The third-order valence-electron chi connectivity index (χ3n) is 2.64. The van der Waals surface area contributed by atoms with E-state index in [0.717, 1.165) is 18.2 Å². The van der Waals surface area contributed by atoms with Crippen molar-refractivity contribution in [2.75, 3.05) is 0 Å². The van der Waals surface area contributed by atoms with Gasteiger partial charge in [-0.15, -0.1) is 0 Å². The lowest BCUT2D eigenvalue weighted by Gasteiger charge is -2.13. The molecule has 0 fully saturated rings. The molecule has 0 radical (unpaired) electrons. The van der Waals surface area contributed by atoms with Crippen molar-refractivity contribution in [3.63, 3.8) is 0 Å². The SMILES string of the molecule is O=C(Cl)c1ccc(C(F)(F)F)c(-c2ccccc2)c1. The first-order chi connectivity index (χ1) is 8.89. The van der Waals surface area contributed by atoms with E-state index in [1.165, 1.54) is 0 Å². The Morgan fingerprint density at radius 1 is 1.00 bits per heavy atom. The molecule has 2 aromatic rings. The average molecular weight is 285 g/mol. The van der Waals surface area contributed by atoms with Crippen LogP contribution in [0.1, 0.15) is 15.9 Å². The summed E-state index contributed by atoms with van der Waals surface area (Å²) in [4.78, 5) is 11.1. The summed E-state index contributed by atoms with van der Waals surface area (Å²) < 4.78 is 38.8. The van der Waals surface area contributed by atoms with E-state index in [0.29, 0.717) is 5.56 Å². The highest BCUT2D eigenvalue weighted by Gasteiger charge is 2.33. The minimum atomic E-state index is -4.49. The Hall–Kier alpha value is -1.81. The number of benzene rings is 2. The van der Waals surface area contributed by atoms with Crippen LogP contribution in [0.15, 0.2) is 48.5 Å². The van der Waals surface area contributed by atoms with Gasteiger partial charge in [0.2, 0.25) is 0 Å². The van der Waals surface area contributed by atoms with Crippen LogP contribution in [-0.2, 0) is 6.18 Å². The zero-order valence-electron chi connectivity index (χ0n) is 9.54. The monoisotopic (exact) mass is 284 g/mol. The molecule has 1 nitrogen and oxygen atoms in total. The van der Waals surface area contributed by atoms with Gasteiger partial charge in [-0.1, -0.05) is 30.3 Å². The van der Waals surface area contributed by atoms with Crippen LogP contribution in [0.25, 0.3) is 11.1 Å². The Morgan fingerprint density at radius 3 is 2.16 bits per heavy atom. The van der Waals surface area contributed by atoms with Crippen molar-refractivity contribution in [3.8, 4) is 11.1 Å². The summed E-state index contributed by atoms with van der Waals surface area (Å²) >= 11 is 5.31. The van der Waals surface area contributed by atoms with Crippen molar-refractivity contribution >= 4 is 16.8 Å². The van der Waals surface area contributed by atoms with Crippen molar-refractivity contribution in [1.29, 1.82) is 0 Å². The Morgan fingerprint density at radius 2 is 1.63 bits per heavy atom. The molecule has 0 saturated carbocycles. The lowest BCUT2D eigenvalue weighted by atomic mass is 9.97. The molecule has 0 aliphatic heterocycles. The van der Waals surface area contributed by atoms with Crippen LogP contribution in [0.2, 0.25) is 0 Å². The van der Waals surface area contributed by atoms with Crippen molar-refractivity contribution in [2.24, 2.45) is 0 Å². The summed E-state index contributed by atoms with van der Waals surface area (Å²) in [6.45, 7) is 0. The molecular weight excluding hydrogens is 277 g/mol. The van der Waals surface area contributed by atoms with E-state index < -0.39 is 17.0 Å². The minimum absolute atomic E-state index is 0.0357. The molecule has 0 spiro atoms. The van der Waals surface area contributed by atoms with Crippen molar-refractivity contribution in [1.82, 2.24) is 0 Å². The third kappa shape index (κ3) is 2.96. The normalized spacial score (nSPS) is 11.4. The van der Waals surface area contributed by atoms with Gasteiger partial charge in [0.25, 0.3) is 5.24 Å². The Labute approximate surface area is 112 Å². The van der Waals surface area contributed by atoms with Gasteiger partial charge in [-0.2, -0.15) is 13.2 Å². The quantitative estimate of drug-likeness (QED) is 0.727. The summed E-state index contributed by atoms with van der Waals surface area (Å²) in [7, 11) is 0. The van der Waals surface area contributed by atoms with E-state index in [1.54, 1.807) is 30.3 Å². The van der Waals surface area contributed by atoms with E-state index >= 15 is 0 Å². The van der Waals surface area contributed by atoms with Gasteiger partial charge in [0, 0.05) is 5.56 Å². The van der Waals surface area contributed by atoms with Crippen LogP contribution >= 0.6 is 11.6 Å². The van der Waals surface area contributed by atoms with Gasteiger partial charge >= 0.3 is 6.18 Å². The molecule has 0 aliphatic rings. The number of carbonyl (C=O) groups is 1. The molecule has 19 heavy (non-hydrogen) atoms. The second-order valence-electron chi connectivity index (χ2n) is 3.90. The summed E-state index contributed by atoms with van der Waals surface area (Å²) in [5.41, 5.74) is -0.428. The Balaban J connectivity index is 2.67. The van der Waals surface area contributed by atoms with Gasteiger partial charge in [0.05, 0.1) is 5.56 Å². The lowest BCUT2D eigenvalue weighted by molar-refractivity contribution is -0.137. The van der Waals surface area contributed by atoms with Crippen molar-refractivity contribution < 1.29 is 18.0 Å². The molecule has 0 amide bonds. The van der Waals surface area contributed by atoms with Gasteiger partial charge in [-0.05, 0) is 40.9 Å². The van der Waals surface area contributed by atoms with Gasteiger partial charge in [-0.3, -0.25) is 4.79 Å². The molecule has 0 aliphatic carbocycles. The van der Waals surface area contributed by atoms with E-state index in [-0.39, 0.29) is 11.1 Å². The molecule has 98 valence electrons. The van der Waals surface area contributed by atoms with Crippen LogP contribution < -0.4 is 0 Å². The van der Waals surface area contributed by atoms with Crippen molar-refractivity contribution in [3.05, 3.63) is 59.7 Å². The number of hydrogen-bond donors (Lipinski definition) is 0. The number of hydrogen-bond acceptors (Lipinski definition) is 1. The number of halogens is 4. The summed E-state index contributed by atoms with van der Waals surface area (Å²) in [6, 6.07) is 11.2. The summed E-state index contributed by atoms with van der Waals surface area (Å²) in [5, 5.41) is -0.786. The lowest BCUT2D eigenvalue weighted by Crippen LogP contribution is -2.08. The third-order valence-corrected chi connectivity index (χ3v) is 2.85. The first-order valence-electron chi connectivity index (χ1n) is 5.36. The number of rotatable bonds is 2. The Kier molecular flexibility index (Phi) is 3.62. The Bertz CT molecular complexity index is 606. The standard InChI is InChI=1S/C14H8ClF3O/c15-13(19)10-6-7-12(14(16,17)18)11(8-10)9-4-2-1-3-5-9/h1-8H. The van der Waals surface area contributed by atoms with E-state index in [4.69, 9.17) is 11.6 Å². The molecule has 0 aromatic heterocycles. The zero-order valence-corrected chi connectivity index (χ0v) is 10.3. The number of alkyl halides is 3. The van der Waals surface area contributed by atoms with Crippen LogP contribution in [0, 0.1) is 0 Å². The fourth-order valence-electron chi connectivity index (χ4n) is 1.77. The average Bonchev–Trinajstić information content (AvgIpc) is 2.38. The molecule has 0 N–H and O–H groups in total. The highest BCUT2D eigenvalue weighted by molar-refractivity contribution is 6.67. The predicted molar refractivity (Wildman–Crippen MR) is 67.1 cm³/mol. The van der Waals surface area contributed by atoms with Crippen LogP contribution in [0.3, 0.4) is 0 Å². The second-order valence-corrected chi connectivity index (χ2v) is 4.24. The number of carbonyl (C=O) groups excluding carboxylic acids is 1. The summed E-state index contributed by atoms with van der Waals surface area (Å²) in [5.74, 6) is 0. The second kappa shape index (κ2) is 5.05. The molecule has 0 bridgehead atoms. The maximum atomic E-state index is 12.9. The van der Waals surface area contributed by atoms with E-state index in [2.05, 4.69) is 0 Å². The molecule has 2 aromatic carbocycles. The van der Waals surface area contributed by atoms with Gasteiger partial charge in [0.1, 0.15) is 0 Å². The first kappa shape index (κ1) is 13.6. The fraction of sp³-hybridized carbons (Fsp3) is 0.0714. The van der Waals surface area contributed by atoms with Gasteiger partial charge in [0.15, 0.2) is 0 Å². The van der Waals surface area contributed by atoms with Gasteiger partial charge in [-0.25, -0.2) is 0 Å². The highest BCUT2D eigenvalue weighted by atomic mass is 35.5. The molecule has 0 heterocycles. The smallest absolute Gasteiger partial charge is 0.276 e. The molecule has 2 rings (SSSR count). The largest absolute Gasteiger partial charge is 0.417 e. The van der Waals surface area contributed by atoms with E-state index in [9.17, 15) is 18.0 Å². The fourth-order valence-corrected chi connectivity index (χ4v) is 1.89. The molecule has 0 unspecified atom stereocenters. The first-order valence-corrected chi connectivity index (χ1v) is 5.74. The maximum Gasteiger partial charge on any atom is 0.417 e. The van der Waals surface area contributed by atoms with Crippen LogP contribution in [0.5, 0.6) is 0 Å². The molecule has 0 atom stereocenters. The molecule has 0 saturated heterocycles. The maximum absolute atomic E-state index is 12.9. The van der Waals surface area contributed by atoms with Crippen LogP contribution in [-0.4, -0.2) is 5.24 Å².